The highest BCUT2D eigenvalue weighted by Crippen LogP contribution is 2.23. The van der Waals surface area contributed by atoms with Gasteiger partial charge in [-0.3, -0.25) is 4.72 Å². The summed E-state index contributed by atoms with van der Waals surface area (Å²) in [5.74, 6) is -0.693. The van der Waals surface area contributed by atoms with Gasteiger partial charge >= 0.3 is 5.97 Å². The van der Waals surface area contributed by atoms with Crippen molar-refractivity contribution in [2.24, 2.45) is 0 Å². The molecular weight excluding hydrogens is 302 g/mol. The molecule has 0 aliphatic carbocycles. The highest BCUT2D eigenvalue weighted by atomic mass is 32.2. The minimum Gasteiger partial charge on any atom is -0.465 e. The fraction of sp³-hybridized carbons (Fsp3) is 0.188. The van der Waals surface area contributed by atoms with Gasteiger partial charge in [-0.05, 0) is 43.2 Å². The van der Waals surface area contributed by atoms with Crippen LogP contribution in [0.4, 0.5) is 5.69 Å². The van der Waals surface area contributed by atoms with Gasteiger partial charge in [-0.2, -0.15) is 0 Å². The van der Waals surface area contributed by atoms with E-state index >= 15 is 0 Å². The van der Waals surface area contributed by atoms with E-state index in [2.05, 4.69) is 9.46 Å². The zero-order chi connectivity index (χ0) is 16.3. The van der Waals surface area contributed by atoms with Crippen molar-refractivity contribution < 1.29 is 17.9 Å². The Morgan fingerprint density at radius 1 is 1.09 bits per heavy atom. The van der Waals surface area contributed by atoms with Crippen molar-refractivity contribution in [1.29, 1.82) is 0 Å². The van der Waals surface area contributed by atoms with Gasteiger partial charge in [0.25, 0.3) is 10.0 Å². The summed E-state index contributed by atoms with van der Waals surface area (Å²) < 4.78 is 32.3. The van der Waals surface area contributed by atoms with E-state index in [1.54, 1.807) is 18.2 Å². The van der Waals surface area contributed by atoms with Gasteiger partial charge in [0.15, 0.2) is 0 Å². The van der Waals surface area contributed by atoms with Gasteiger partial charge in [0, 0.05) is 0 Å². The van der Waals surface area contributed by atoms with Crippen LogP contribution in [0.2, 0.25) is 0 Å². The topological polar surface area (TPSA) is 72.5 Å². The van der Waals surface area contributed by atoms with E-state index in [0.29, 0.717) is 5.69 Å². The van der Waals surface area contributed by atoms with Crippen molar-refractivity contribution in [3.8, 4) is 0 Å². The summed E-state index contributed by atoms with van der Waals surface area (Å²) in [4.78, 5) is 11.6. The largest absolute Gasteiger partial charge is 0.465 e. The Morgan fingerprint density at radius 3 is 2.45 bits per heavy atom. The Hall–Kier alpha value is -2.34. The molecular formula is C16H17NO4S. The molecule has 116 valence electrons. The number of ether oxygens (including phenoxy) is 1. The van der Waals surface area contributed by atoms with E-state index in [1.807, 2.05) is 26.0 Å². The van der Waals surface area contributed by atoms with Crippen LogP contribution in [0.25, 0.3) is 0 Å². The van der Waals surface area contributed by atoms with E-state index in [4.69, 9.17) is 0 Å². The van der Waals surface area contributed by atoms with Crippen LogP contribution >= 0.6 is 0 Å². The number of esters is 1. The first kappa shape index (κ1) is 16.0. The Morgan fingerprint density at radius 2 is 1.77 bits per heavy atom. The molecule has 0 radical (unpaired) electrons. The van der Waals surface area contributed by atoms with Crippen LogP contribution in [0, 0.1) is 13.8 Å². The minimum absolute atomic E-state index is 0.00260. The quantitative estimate of drug-likeness (QED) is 0.880. The Bertz CT molecular complexity index is 813. The molecule has 5 nitrogen and oxygen atoms in total. The number of anilines is 1. The third kappa shape index (κ3) is 3.28. The summed E-state index contributed by atoms with van der Waals surface area (Å²) in [5.41, 5.74) is 2.22. The van der Waals surface area contributed by atoms with Crippen LogP contribution in [-0.2, 0) is 14.8 Å². The lowest BCUT2D eigenvalue weighted by Gasteiger charge is -2.13. The van der Waals surface area contributed by atoms with E-state index in [9.17, 15) is 13.2 Å². The number of benzene rings is 2. The lowest BCUT2D eigenvalue weighted by Crippen LogP contribution is -2.18. The number of carbonyl (C=O) groups is 1. The molecule has 0 saturated carbocycles. The Balaban J connectivity index is 2.48. The van der Waals surface area contributed by atoms with Crippen molar-refractivity contribution in [3.63, 3.8) is 0 Å². The first-order chi connectivity index (χ1) is 10.3. The molecule has 0 atom stereocenters. The highest BCUT2D eigenvalue weighted by Gasteiger charge is 2.23. The van der Waals surface area contributed by atoms with Crippen molar-refractivity contribution >= 4 is 21.7 Å². The number of carbonyl (C=O) groups excluding carboxylic acids is 1. The smallest absolute Gasteiger partial charge is 0.339 e. The van der Waals surface area contributed by atoms with E-state index in [-0.39, 0.29) is 10.5 Å². The normalized spacial score (nSPS) is 11.0. The molecule has 0 aliphatic heterocycles. The molecule has 0 amide bonds. The summed E-state index contributed by atoms with van der Waals surface area (Å²) in [6.45, 7) is 3.68. The van der Waals surface area contributed by atoms with Gasteiger partial charge in [-0.25, -0.2) is 13.2 Å². The van der Waals surface area contributed by atoms with Crippen molar-refractivity contribution in [1.82, 2.24) is 0 Å². The maximum atomic E-state index is 12.6. The average molecular weight is 319 g/mol. The van der Waals surface area contributed by atoms with E-state index < -0.39 is 16.0 Å². The predicted octanol–water partition coefficient (Wildman–Crippen LogP) is 2.89. The van der Waals surface area contributed by atoms with Crippen LogP contribution in [-0.4, -0.2) is 21.5 Å². The number of nitrogens with one attached hydrogen (secondary N) is 1. The van der Waals surface area contributed by atoms with Crippen LogP contribution in [0.15, 0.2) is 47.4 Å². The molecule has 6 heteroatoms. The number of aryl methyl sites for hydroxylation is 2. The maximum Gasteiger partial charge on any atom is 0.339 e. The van der Waals surface area contributed by atoms with Crippen molar-refractivity contribution in [2.45, 2.75) is 18.7 Å². The van der Waals surface area contributed by atoms with Gasteiger partial charge in [0.1, 0.15) is 4.90 Å². The van der Waals surface area contributed by atoms with Crippen molar-refractivity contribution in [2.75, 3.05) is 11.8 Å². The molecule has 0 bridgehead atoms. The van der Waals surface area contributed by atoms with E-state index in [1.165, 1.54) is 19.2 Å². The number of rotatable bonds is 4. The molecule has 1 N–H and O–H groups in total. The predicted molar refractivity (Wildman–Crippen MR) is 84.5 cm³/mol. The molecule has 2 rings (SSSR count). The molecule has 0 fully saturated rings. The lowest BCUT2D eigenvalue weighted by molar-refractivity contribution is 0.0596. The molecule has 2 aromatic carbocycles. The molecule has 0 aromatic heterocycles. The summed E-state index contributed by atoms with van der Waals surface area (Å²) in [6, 6.07) is 11.4. The number of sulfonamides is 1. The summed E-state index contributed by atoms with van der Waals surface area (Å²) in [5, 5.41) is 0. The molecule has 0 spiro atoms. The zero-order valence-corrected chi connectivity index (χ0v) is 13.4. The summed E-state index contributed by atoms with van der Waals surface area (Å²) in [6.07, 6.45) is 0. The van der Waals surface area contributed by atoms with Crippen LogP contribution in [0.5, 0.6) is 0 Å². The fourth-order valence-corrected chi connectivity index (χ4v) is 3.34. The van der Waals surface area contributed by atoms with Gasteiger partial charge in [0.05, 0.1) is 18.4 Å². The summed E-state index contributed by atoms with van der Waals surface area (Å²) >= 11 is 0. The molecule has 0 saturated heterocycles. The van der Waals surface area contributed by atoms with Crippen LogP contribution < -0.4 is 4.72 Å². The molecule has 0 unspecified atom stereocenters. The second-order valence-electron chi connectivity index (χ2n) is 4.91. The van der Waals surface area contributed by atoms with Gasteiger partial charge in [-0.15, -0.1) is 0 Å². The Kier molecular flexibility index (Phi) is 4.51. The first-order valence-electron chi connectivity index (χ1n) is 6.62. The second-order valence-corrected chi connectivity index (χ2v) is 6.56. The molecule has 0 aliphatic rings. The monoisotopic (exact) mass is 319 g/mol. The average Bonchev–Trinajstić information content (AvgIpc) is 2.50. The maximum absolute atomic E-state index is 12.6. The van der Waals surface area contributed by atoms with Gasteiger partial charge < -0.3 is 4.74 Å². The van der Waals surface area contributed by atoms with Crippen molar-refractivity contribution in [3.05, 3.63) is 59.2 Å². The summed E-state index contributed by atoms with van der Waals surface area (Å²) in [7, 11) is -2.68. The first-order valence-corrected chi connectivity index (χ1v) is 8.11. The molecule has 2 aromatic rings. The standard InChI is InChI=1S/C16H17NO4S/c1-11-8-9-12(2)14(10-11)17-22(19,20)15-7-5-4-6-13(15)16(18)21-3/h4-10,17H,1-3H3. The fourth-order valence-electron chi connectivity index (χ4n) is 2.03. The third-order valence-corrected chi connectivity index (χ3v) is 4.64. The number of hydrogen-bond donors (Lipinski definition) is 1. The highest BCUT2D eigenvalue weighted by molar-refractivity contribution is 7.92. The van der Waals surface area contributed by atoms with Gasteiger partial charge in [-0.1, -0.05) is 24.3 Å². The number of methoxy groups -OCH3 is 1. The SMILES string of the molecule is COC(=O)c1ccccc1S(=O)(=O)Nc1cc(C)ccc1C. The minimum atomic E-state index is -3.89. The molecule has 0 heterocycles. The third-order valence-electron chi connectivity index (χ3n) is 3.22. The van der Waals surface area contributed by atoms with Crippen LogP contribution in [0.3, 0.4) is 0 Å². The van der Waals surface area contributed by atoms with Crippen LogP contribution in [0.1, 0.15) is 21.5 Å². The second kappa shape index (κ2) is 6.19. The zero-order valence-electron chi connectivity index (χ0n) is 12.6. The molecule has 22 heavy (non-hydrogen) atoms. The van der Waals surface area contributed by atoms with Gasteiger partial charge in [0.2, 0.25) is 0 Å². The lowest BCUT2D eigenvalue weighted by atomic mass is 10.1. The van der Waals surface area contributed by atoms with E-state index in [0.717, 1.165) is 11.1 Å². The number of hydrogen-bond acceptors (Lipinski definition) is 4. The Labute approximate surface area is 130 Å².